The van der Waals surface area contributed by atoms with Crippen molar-refractivity contribution in [1.82, 2.24) is 0 Å². The smallest absolute Gasteiger partial charge is 0.191 e. The van der Waals surface area contributed by atoms with E-state index in [9.17, 15) is 22.0 Å². The van der Waals surface area contributed by atoms with Gasteiger partial charge in [-0.2, -0.15) is 22.0 Å². The average Bonchev–Trinajstić information content (AvgIpc) is 2.46. The Morgan fingerprint density at radius 2 is 1.57 bits per heavy atom. The molecule has 124 valence electrons. The van der Waals surface area contributed by atoms with E-state index in [0.717, 1.165) is 23.3 Å². The van der Waals surface area contributed by atoms with E-state index < -0.39 is 17.7 Å². The third-order valence-electron chi connectivity index (χ3n) is 3.62. The van der Waals surface area contributed by atoms with E-state index in [1.54, 1.807) is 6.07 Å². The molecule has 0 nitrogen and oxygen atoms in total. The first-order valence-electron chi connectivity index (χ1n) is 6.92. The van der Waals surface area contributed by atoms with Crippen molar-refractivity contribution in [2.75, 3.05) is 0 Å². The number of hydrogen-bond donors (Lipinski definition) is 0. The van der Waals surface area contributed by atoms with Gasteiger partial charge in [0.2, 0.25) is 0 Å². The minimum absolute atomic E-state index is 0.132. The van der Waals surface area contributed by atoms with Gasteiger partial charge in [-0.3, -0.25) is 0 Å². The molecule has 0 bridgehead atoms. The molecule has 0 aliphatic heterocycles. The van der Waals surface area contributed by atoms with Crippen LogP contribution in [-0.4, -0.2) is 6.18 Å². The lowest BCUT2D eigenvalue weighted by Gasteiger charge is -2.21. The summed E-state index contributed by atoms with van der Waals surface area (Å²) in [7, 11) is 0. The van der Waals surface area contributed by atoms with Crippen LogP contribution in [0.15, 0.2) is 36.4 Å². The molecule has 2 aromatic carbocycles. The second kappa shape index (κ2) is 6.11. The Morgan fingerprint density at radius 3 is 2.13 bits per heavy atom. The first-order valence-corrected chi connectivity index (χ1v) is 7.30. The van der Waals surface area contributed by atoms with Gasteiger partial charge < -0.3 is 0 Å². The fraction of sp³-hybridized carbons (Fsp3) is 0.294. The minimum atomic E-state index is -5.65. The van der Waals surface area contributed by atoms with Crippen molar-refractivity contribution in [1.29, 1.82) is 0 Å². The highest BCUT2D eigenvalue weighted by molar-refractivity contribution is 6.33. The molecular formula is C17H14ClF5. The summed E-state index contributed by atoms with van der Waals surface area (Å²) in [6, 6.07) is 8.01. The van der Waals surface area contributed by atoms with Crippen LogP contribution < -0.4 is 0 Å². The molecule has 2 rings (SSSR count). The fourth-order valence-electron chi connectivity index (χ4n) is 2.34. The van der Waals surface area contributed by atoms with Crippen LogP contribution in [0.25, 0.3) is 11.1 Å². The molecule has 0 radical (unpaired) electrons. The lowest BCUT2D eigenvalue weighted by molar-refractivity contribution is -0.289. The van der Waals surface area contributed by atoms with Crippen molar-refractivity contribution < 1.29 is 22.0 Å². The van der Waals surface area contributed by atoms with E-state index in [1.807, 2.05) is 26.0 Å². The maximum absolute atomic E-state index is 13.6. The summed E-state index contributed by atoms with van der Waals surface area (Å²) < 4.78 is 64.9. The van der Waals surface area contributed by atoms with Crippen molar-refractivity contribution in [3.05, 3.63) is 58.1 Å². The molecule has 23 heavy (non-hydrogen) atoms. The summed E-state index contributed by atoms with van der Waals surface area (Å²) in [4.78, 5) is 0. The summed E-state index contributed by atoms with van der Waals surface area (Å²) >= 11 is 6.05. The van der Waals surface area contributed by atoms with Crippen molar-refractivity contribution >= 4 is 11.6 Å². The number of rotatable bonds is 3. The Labute approximate surface area is 135 Å². The van der Waals surface area contributed by atoms with Gasteiger partial charge in [0, 0.05) is 16.1 Å². The van der Waals surface area contributed by atoms with Crippen LogP contribution in [0.5, 0.6) is 0 Å². The standard InChI is InChI=1S/C17H14ClF5/c1-3-11-5-4-10(2)8-13(11)14-9-12(6-7-15(14)18)16(19,20)17(21,22)23/h4-9H,3H2,1-2H3. The lowest BCUT2D eigenvalue weighted by Crippen LogP contribution is -2.33. The Kier molecular flexibility index (Phi) is 4.71. The van der Waals surface area contributed by atoms with Gasteiger partial charge >= 0.3 is 12.1 Å². The SMILES string of the molecule is CCc1ccc(C)cc1-c1cc(C(F)(F)C(F)(F)F)ccc1Cl. The van der Waals surface area contributed by atoms with Crippen molar-refractivity contribution in [3.8, 4) is 11.1 Å². The minimum Gasteiger partial charge on any atom is -0.191 e. The third kappa shape index (κ3) is 3.34. The highest BCUT2D eigenvalue weighted by atomic mass is 35.5. The predicted molar refractivity (Wildman–Crippen MR) is 81.0 cm³/mol. The Morgan fingerprint density at radius 1 is 0.913 bits per heavy atom. The molecule has 2 aromatic rings. The molecule has 0 aliphatic rings. The zero-order chi connectivity index (χ0) is 17.4. The van der Waals surface area contributed by atoms with Gasteiger partial charge in [-0.25, -0.2) is 0 Å². The topological polar surface area (TPSA) is 0 Å². The van der Waals surface area contributed by atoms with E-state index in [2.05, 4.69) is 0 Å². The number of aryl methyl sites for hydroxylation is 2. The summed E-state index contributed by atoms with van der Waals surface area (Å²) in [5, 5.41) is 0.132. The summed E-state index contributed by atoms with van der Waals surface area (Å²) in [6.45, 7) is 3.68. The van der Waals surface area contributed by atoms with Gasteiger partial charge in [-0.15, -0.1) is 0 Å². The van der Waals surface area contributed by atoms with E-state index in [0.29, 0.717) is 18.1 Å². The van der Waals surface area contributed by atoms with Crippen LogP contribution in [0.2, 0.25) is 5.02 Å². The van der Waals surface area contributed by atoms with Crippen molar-refractivity contribution in [3.63, 3.8) is 0 Å². The predicted octanol–water partition coefficient (Wildman–Crippen LogP) is 6.53. The van der Waals surface area contributed by atoms with Crippen LogP contribution in [-0.2, 0) is 12.3 Å². The van der Waals surface area contributed by atoms with Crippen LogP contribution in [0, 0.1) is 6.92 Å². The van der Waals surface area contributed by atoms with Crippen molar-refractivity contribution in [2.45, 2.75) is 32.4 Å². The van der Waals surface area contributed by atoms with E-state index in [4.69, 9.17) is 11.6 Å². The van der Waals surface area contributed by atoms with Crippen molar-refractivity contribution in [2.24, 2.45) is 0 Å². The van der Waals surface area contributed by atoms with E-state index in [-0.39, 0.29) is 10.6 Å². The second-order valence-corrected chi connectivity index (χ2v) is 5.69. The lowest BCUT2D eigenvalue weighted by atomic mass is 9.93. The van der Waals surface area contributed by atoms with Gasteiger partial charge in [0.15, 0.2) is 0 Å². The largest absolute Gasteiger partial charge is 0.458 e. The normalized spacial score (nSPS) is 12.5. The van der Waals surface area contributed by atoms with Gasteiger partial charge in [0.05, 0.1) is 0 Å². The molecule has 0 aliphatic carbocycles. The van der Waals surface area contributed by atoms with Crippen LogP contribution >= 0.6 is 11.6 Å². The summed E-state index contributed by atoms with van der Waals surface area (Å²) in [5.74, 6) is -4.93. The molecule has 0 saturated carbocycles. The molecule has 0 aromatic heterocycles. The molecule has 0 amide bonds. The summed E-state index contributed by atoms with van der Waals surface area (Å²) in [6.07, 6.45) is -5.05. The number of halogens is 6. The molecular weight excluding hydrogens is 335 g/mol. The zero-order valence-electron chi connectivity index (χ0n) is 12.4. The molecule has 0 spiro atoms. The van der Waals surface area contributed by atoms with Gasteiger partial charge in [0.1, 0.15) is 0 Å². The fourth-order valence-corrected chi connectivity index (χ4v) is 2.56. The molecule has 0 atom stereocenters. The Bertz CT molecular complexity index is 719. The average molecular weight is 349 g/mol. The van der Waals surface area contributed by atoms with Gasteiger partial charge in [-0.1, -0.05) is 48.4 Å². The van der Waals surface area contributed by atoms with Crippen LogP contribution in [0.1, 0.15) is 23.6 Å². The van der Waals surface area contributed by atoms with E-state index >= 15 is 0 Å². The maximum Gasteiger partial charge on any atom is 0.458 e. The molecule has 6 heteroatoms. The first-order chi connectivity index (χ1) is 10.6. The summed E-state index contributed by atoms with van der Waals surface area (Å²) in [5.41, 5.74) is 1.31. The molecule has 0 saturated heterocycles. The number of hydrogen-bond acceptors (Lipinski definition) is 0. The highest BCUT2D eigenvalue weighted by Crippen LogP contribution is 2.45. The molecule has 0 N–H and O–H groups in total. The van der Waals surface area contributed by atoms with Gasteiger partial charge in [-0.05, 0) is 36.6 Å². The molecule has 0 unspecified atom stereocenters. The Balaban J connectivity index is 2.66. The second-order valence-electron chi connectivity index (χ2n) is 5.28. The van der Waals surface area contributed by atoms with Crippen LogP contribution in [0.3, 0.4) is 0 Å². The zero-order valence-corrected chi connectivity index (χ0v) is 13.2. The first kappa shape index (κ1) is 17.7. The van der Waals surface area contributed by atoms with E-state index in [1.165, 1.54) is 0 Å². The Hall–Kier alpha value is -1.62. The molecule has 0 fully saturated rings. The quantitative estimate of drug-likeness (QED) is 0.553. The maximum atomic E-state index is 13.6. The third-order valence-corrected chi connectivity index (χ3v) is 3.95. The monoisotopic (exact) mass is 348 g/mol. The number of alkyl halides is 5. The number of benzene rings is 2. The van der Waals surface area contributed by atoms with Gasteiger partial charge in [0.25, 0.3) is 0 Å². The molecule has 0 heterocycles. The highest BCUT2D eigenvalue weighted by Gasteiger charge is 2.58. The van der Waals surface area contributed by atoms with Crippen LogP contribution in [0.4, 0.5) is 22.0 Å².